The van der Waals surface area contributed by atoms with Gasteiger partial charge in [-0.05, 0) is 44.4 Å². The molecule has 1 fully saturated rings. The van der Waals surface area contributed by atoms with Crippen LogP contribution in [0.4, 0.5) is 0 Å². The largest absolute Gasteiger partial charge is 0.490 e. The molecule has 1 heterocycles. The molecule has 1 saturated heterocycles. The van der Waals surface area contributed by atoms with Crippen molar-refractivity contribution in [3.05, 3.63) is 23.8 Å². The maximum atomic E-state index is 12.0. The zero-order valence-electron chi connectivity index (χ0n) is 13.8. The summed E-state index contributed by atoms with van der Waals surface area (Å²) in [6.07, 6.45) is 0.766. The van der Waals surface area contributed by atoms with Crippen LogP contribution in [0.15, 0.2) is 18.2 Å². The third-order valence-corrected chi connectivity index (χ3v) is 3.74. The number of benzene rings is 1. The second-order valence-corrected chi connectivity index (χ2v) is 5.54. The van der Waals surface area contributed by atoms with Gasteiger partial charge in [-0.25, -0.2) is 0 Å². The van der Waals surface area contributed by atoms with Crippen LogP contribution in [0.25, 0.3) is 0 Å². The quantitative estimate of drug-likeness (QED) is 0.662. The topological polar surface area (TPSA) is 79.8 Å². The Morgan fingerprint density at radius 3 is 2.70 bits per heavy atom. The van der Waals surface area contributed by atoms with Gasteiger partial charge in [0.2, 0.25) is 5.91 Å². The molecule has 0 saturated carbocycles. The molecule has 0 radical (unpaired) electrons. The predicted octanol–water partition coefficient (Wildman–Crippen LogP) is 0.866. The second-order valence-electron chi connectivity index (χ2n) is 5.54. The highest BCUT2D eigenvalue weighted by Crippen LogP contribution is 2.28. The molecule has 1 aliphatic heterocycles. The fourth-order valence-corrected chi connectivity index (χ4v) is 2.62. The third kappa shape index (κ3) is 5.11. The lowest BCUT2D eigenvalue weighted by Crippen LogP contribution is -2.41. The molecule has 1 aromatic carbocycles. The molecule has 0 aromatic heterocycles. The van der Waals surface area contributed by atoms with Crippen molar-refractivity contribution < 1.29 is 19.4 Å². The lowest BCUT2D eigenvalue weighted by molar-refractivity contribution is -0.122. The van der Waals surface area contributed by atoms with Crippen LogP contribution in [-0.2, 0) is 11.2 Å². The molecule has 0 bridgehead atoms. The van der Waals surface area contributed by atoms with E-state index in [0.29, 0.717) is 39.1 Å². The predicted molar refractivity (Wildman–Crippen MR) is 87.9 cm³/mol. The normalized spacial score (nSPS) is 20.3. The van der Waals surface area contributed by atoms with E-state index in [1.54, 1.807) is 0 Å². The number of aliphatic hydroxyl groups is 1. The molecule has 0 unspecified atom stereocenters. The first-order valence-electron chi connectivity index (χ1n) is 8.21. The number of β-amino-alcohol motifs (C(OH)–C–C–N with tert-alkyl or cyclic N) is 1. The SMILES string of the molecule is CCOc1ccc(CCNC(=O)[C@@H]2C[C@H](O)CN2)cc1OCC. The van der Waals surface area contributed by atoms with Crippen LogP contribution >= 0.6 is 0 Å². The summed E-state index contributed by atoms with van der Waals surface area (Å²) in [5, 5.41) is 15.3. The highest BCUT2D eigenvalue weighted by molar-refractivity contribution is 5.82. The highest BCUT2D eigenvalue weighted by Gasteiger charge is 2.27. The van der Waals surface area contributed by atoms with Crippen molar-refractivity contribution in [2.45, 2.75) is 38.8 Å². The number of hydrogen-bond donors (Lipinski definition) is 3. The molecule has 128 valence electrons. The number of nitrogens with one attached hydrogen (secondary N) is 2. The van der Waals surface area contributed by atoms with E-state index in [0.717, 1.165) is 17.1 Å². The van der Waals surface area contributed by atoms with E-state index in [-0.39, 0.29) is 11.9 Å². The van der Waals surface area contributed by atoms with Gasteiger partial charge in [-0.1, -0.05) is 6.07 Å². The first kappa shape index (κ1) is 17.6. The molecular formula is C17H26N2O4. The fourth-order valence-electron chi connectivity index (χ4n) is 2.62. The van der Waals surface area contributed by atoms with E-state index in [2.05, 4.69) is 10.6 Å². The summed E-state index contributed by atoms with van der Waals surface area (Å²) in [6.45, 7) is 6.08. The standard InChI is InChI=1S/C17H26N2O4/c1-3-22-15-6-5-12(9-16(15)23-4-2)7-8-18-17(21)14-10-13(20)11-19-14/h5-6,9,13-14,19-20H,3-4,7-8,10-11H2,1-2H3,(H,18,21)/t13-,14-/m0/s1. The van der Waals surface area contributed by atoms with Gasteiger partial charge in [-0.2, -0.15) is 0 Å². The van der Waals surface area contributed by atoms with Crippen LogP contribution in [0.3, 0.4) is 0 Å². The Morgan fingerprint density at radius 2 is 2.04 bits per heavy atom. The van der Waals surface area contributed by atoms with Gasteiger partial charge in [0, 0.05) is 13.1 Å². The van der Waals surface area contributed by atoms with E-state index < -0.39 is 6.10 Å². The molecule has 2 atom stereocenters. The number of carbonyl (C=O) groups excluding carboxylic acids is 1. The van der Waals surface area contributed by atoms with Gasteiger partial charge in [0.15, 0.2) is 11.5 Å². The zero-order chi connectivity index (χ0) is 16.7. The number of carbonyl (C=O) groups is 1. The van der Waals surface area contributed by atoms with E-state index in [1.165, 1.54) is 0 Å². The van der Waals surface area contributed by atoms with Crippen molar-refractivity contribution >= 4 is 5.91 Å². The maximum Gasteiger partial charge on any atom is 0.237 e. The molecule has 0 spiro atoms. The Hall–Kier alpha value is -1.79. The average molecular weight is 322 g/mol. The summed E-state index contributed by atoms with van der Waals surface area (Å²) in [6, 6.07) is 5.56. The molecule has 0 aliphatic carbocycles. The Morgan fingerprint density at radius 1 is 1.30 bits per heavy atom. The van der Waals surface area contributed by atoms with Crippen LogP contribution in [0.5, 0.6) is 11.5 Å². The third-order valence-electron chi connectivity index (χ3n) is 3.74. The van der Waals surface area contributed by atoms with E-state index in [9.17, 15) is 9.90 Å². The molecule has 3 N–H and O–H groups in total. The lowest BCUT2D eigenvalue weighted by Gasteiger charge is -2.13. The van der Waals surface area contributed by atoms with Crippen molar-refractivity contribution in [1.82, 2.24) is 10.6 Å². The first-order chi connectivity index (χ1) is 11.1. The average Bonchev–Trinajstić information content (AvgIpc) is 2.97. The van der Waals surface area contributed by atoms with Crippen LogP contribution in [0, 0.1) is 0 Å². The molecule has 1 aromatic rings. The van der Waals surface area contributed by atoms with Gasteiger partial charge in [0.05, 0.1) is 25.4 Å². The Bertz CT molecular complexity index is 521. The van der Waals surface area contributed by atoms with Crippen LogP contribution in [0.2, 0.25) is 0 Å². The summed E-state index contributed by atoms with van der Waals surface area (Å²) in [7, 11) is 0. The number of ether oxygens (including phenoxy) is 2. The molecule has 1 amide bonds. The maximum absolute atomic E-state index is 12.0. The fraction of sp³-hybridized carbons (Fsp3) is 0.588. The Balaban J connectivity index is 1.85. The van der Waals surface area contributed by atoms with Gasteiger partial charge in [0.25, 0.3) is 0 Å². The van der Waals surface area contributed by atoms with Crippen molar-refractivity contribution in [1.29, 1.82) is 0 Å². The minimum absolute atomic E-state index is 0.0579. The van der Waals surface area contributed by atoms with Crippen LogP contribution < -0.4 is 20.1 Å². The summed E-state index contributed by atoms with van der Waals surface area (Å²) in [5.74, 6) is 1.42. The Kier molecular flexibility index (Phi) is 6.67. The summed E-state index contributed by atoms with van der Waals surface area (Å²) in [4.78, 5) is 12.0. The molecule has 1 aliphatic rings. The molecule has 6 heteroatoms. The van der Waals surface area contributed by atoms with Crippen molar-refractivity contribution in [3.63, 3.8) is 0 Å². The van der Waals surface area contributed by atoms with Gasteiger partial charge in [0.1, 0.15) is 0 Å². The smallest absolute Gasteiger partial charge is 0.237 e. The highest BCUT2D eigenvalue weighted by atomic mass is 16.5. The van der Waals surface area contributed by atoms with Crippen molar-refractivity contribution in [3.8, 4) is 11.5 Å². The number of amides is 1. The Labute approximate surface area is 137 Å². The van der Waals surface area contributed by atoms with E-state index in [1.807, 2.05) is 32.0 Å². The summed E-state index contributed by atoms with van der Waals surface area (Å²) < 4.78 is 11.1. The van der Waals surface area contributed by atoms with Gasteiger partial charge >= 0.3 is 0 Å². The van der Waals surface area contributed by atoms with Gasteiger partial charge in [-0.15, -0.1) is 0 Å². The van der Waals surface area contributed by atoms with Crippen LogP contribution in [-0.4, -0.2) is 49.5 Å². The van der Waals surface area contributed by atoms with Gasteiger partial charge in [-0.3, -0.25) is 4.79 Å². The lowest BCUT2D eigenvalue weighted by atomic mass is 10.1. The molecule has 2 rings (SSSR count). The number of hydrogen-bond acceptors (Lipinski definition) is 5. The summed E-state index contributed by atoms with van der Waals surface area (Å²) >= 11 is 0. The minimum Gasteiger partial charge on any atom is -0.490 e. The number of aliphatic hydroxyl groups excluding tert-OH is 1. The van der Waals surface area contributed by atoms with Crippen molar-refractivity contribution in [2.75, 3.05) is 26.3 Å². The summed E-state index contributed by atoms with van der Waals surface area (Å²) in [5.41, 5.74) is 1.08. The van der Waals surface area contributed by atoms with Crippen LogP contribution in [0.1, 0.15) is 25.8 Å². The van der Waals surface area contributed by atoms with E-state index >= 15 is 0 Å². The van der Waals surface area contributed by atoms with Crippen molar-refractivity contribution in [2.24, 2.45) is 0 Å². The molecule has 6 nitrogen and oxygen atoms in total. The first-order valence-corrected chi connectivity index (χ1v) is 8.21. The monoisotopic (exact) mass is 322 g/mol. The molecular weight excluding hydrogens is 296 g/mol. The van der Waals surface area contributed by atoms with E-state index in [4.69, 9.17) is 9.47 Å². The molecule has 23 heavy (non-hydrogen) atoms. The second kappa shape index (κ2) is 8.74. The van der Waals surface area contributed by atoms with Gasteiger partial charge < -0.3 is 25.2 Å². The number of rotatable bonds is 8. The zero-order valence-corrected chi connectivity index (χ0v) is 13.8. The minimum atomic E-state index is -0.425.